The van der Waals surface area contributed by atoms with Gasteiger partial charge in [0.15, 0.2) is 0 Å². The maximum absolute atomic E-state index is 11.9. The van der Waals surface area contributed by atoms with Gasteiger partial charge in [-0.3, -0.25) is 4.79 Å². The minimum Gasteiger partial charge on any atom is -0.396 e. The summed E-state index contributed by atoms with van der Waals surface area (Å²) in [4.78, 5) is 11.9. The van der Waals surface area contributed by atoms with Gasteiger partial charge in [-0.2, -0.15) is 0 Å². The molecule has 0 atom stereocenters. The number of aliphatic hydroxyl groups is 1. The van der Waals surface area contributed by atoms with Crippen LogP contribution < -0.4 is 5.32 Å². The molecule has 1 fully saturated rings. The van der Waals surface area contributed by atoms with E-state index in [2.05, 4.69) is 17.4 Å². The molecule has 2 rings (SSSR count). The molecule has 0 aliphatic heterocycles. The second-order valence-electron chi connectivity index (χ2n) is 5.97. The van der Waals surface area contributed by atoms with Gasteiger partial charge < -0.3 is 10.4 Å². The van der Waals surface area contributed by atoms with Crippen molar-refractivity contribution in [2.24, 2.45) is 5.41 Å². The first-order valence-corrected chi connectivity index (χ1v) is 8.89. The number of aliphatic hydroxyl groups excluding tert-OH is 1. The fourth-order valence-electron chi connectivity index (χ4n) is 2.87. The van der Waals surface area contributed by atoms with Crippen LogP contribution in [0.15, 0.2) is 30.3 Å². The van der Waals surface area contributed by atoms with Crippen molar-refractivity contribution in [3.8, 4) is 0 Å². The van der Waals surface area contributed by atoms with Crippen molar-refractivity contribution < 1.29 is 9.90 Å². The lowest BCUT2D eigenvalue weighted by Crippen LogP contribution is -2.42. The Balaban J connectivity index is 1.67. The molecular formula is C17H25NO2S. The normalized spacial score (nSPS) is 17.4. The van der Waals surface area contributed by atoms with Gasteiger partial charge in [-0.05, 0) is 18.4 Å². The van der Waals surface area contributed by atoms with Gasteiger partial charge >= 0.3 is 0 Å². The molecule has 0 spiro atoms. The van der Waals surface area contributed by atoms with Crippen molar-refractivity contribution in [1.29, 1.82) is 0 Å². The Bertz CT molecular complexity index is 430. The van der Waals surface area contributed by atoms with E-state index in [1.54, 1.807) is 11.8 Å². The molecule has 1 aliphatic carbocycles. The molecule has 2 N–H and O–H groups in total. The zero-order chi connectivity index (χ0) is 15.0. The molecule has 1 aromatic carbocycles. The molecule has 0 bridgehead atoms. The van der Waals surface area contributed by atoms with E-state index in [0.717, 1.165) is 18.6 Å². The van der Waals surface area contributed by atoms with E-state index in [9.17, 15) is 9.90 Å². The summed E-state index contributed by atoms with van der Waals surface area (Å²) in [5, 5.41) is 12.6. The number of carbonyl (C=O) groups excluding carboxylic acids is 1. The smallest absolute Gasteiger partial charge is 0.230 e. The molecule has 1 amide bonds. The predicted molar refractivity (Wildman–Crippen MR) is 88.2 cm³/mol. The molecule has 1 aromatic rings. The summed E-state index contributed by atoms with van der Waals surface area (Å²) in [6, 6.07) is 10.2. The number of hydrogen-bond acceptors (Lipinski definition) is 3. The van der Waals surface area contributed by atoms with Gasteiger partial charge in [-0.25, -0.2) is 0 Å². The summed E-state index contributed by atoms with van der Waals surface area (Å²) < 4.78 is 0. The Morgan fingerprint density at radius 3 is 2.57 bits per heavy atom. The highest BCUT2D eigenvalue weighted by Gasteiger charge is 2.31. The third kappa shape index (κ3) is 5.36. The second kappa shape index (κ2) is 8.44. The summed E-state index contributed by atoms with van der Waals surface area (Å²) in [5.41, 5.74) is 1.17. The van der Waals surface area contributed by atoms with Crippen molar-refractivity contribution in [2.75, 3.05) is 18.9 Å². The summed E-state index contributed by atoms with van der Waals surface area (Å²) in [7, 11) is 0. The molecule has 0 unspecified atom stereocenters. The third-order valence-corrected chi connectivity index (χ3v) is 5.26. The molecule has 21 heavy (non-hydrogen) atoms. The molecule has 1 aliphatic rings. The van der Waals surface area contributed by atoms with Gasteiger partial charge in [0.25, 0.3) is 0 Å². The zero-order valence-electron chi connectivity index (χ0n) is 12.5. The highest BCUT2D eigenvalue weighted by Crippen LogP contribution is 2.35. The molecule has 0 saturated heterocycles. The van der Waals surface area contributed by atoms with Crippen LogP contribution in [0.25, 0.3) is 0 Å². The highest BCUT2D eigenvalue weighted by molar-refractivity contribution is 7.99. The summed E-state index contributed by atoms with van der Waals surface area (Å²) >= 11 is 1.63. The SMILES string of the molecule is O=C(CSCc1ccccc1)NCC1(CO)CCCCC1. The number of thioether (sulfide) groups is 1. The van der Waals surface area contributed by atoms with Crippen molar-refractivity contribution in [3.63, 3.8) is 0 Å². The first kappa shape index (κ1) is 16.4. The van der Waals surface area contributed by atoms with Crippen LogP contribution in [0, 0.1) is 5.41 Å². The van der Waals surface area contributed by atoms with Crippen LogP contribution in [0.1, 0.15) is 37.7 Å². The predicted octanol–water partition coefficient (Wildman–Crippen LogP) is 2.98. The quantitative estimate of drug-likeness (QED) is 0.814. The standard InChI is InChI=1S/C17H25NO2S/c19-14-17(9-5-2-6-10-17)13-18-16(20)12-21-11-15-7-3-1-4-8-15/h1,3-4,7-8,19H,2,5-6,9-14H2,(H,18,20). The topological polar surface area (TPSA) is 49.3 Å². The minimum absolute atomic E-state index is 0.0714. The van der Waals surface area contributed by atoms with Crippen LogP contribution >= 0.6 is 11.8 Å². The minimum atomic E-state index is -0.0714. The lowest BCUT2D eigenvalue weighted by Gasteiger charge is -2.35. The fourth-order valence-corrected chi connectivity index (χ4v) is 3.68. The molecule has 116 valence electrons. The molecule has 0 heterocycles. The Morgan fingerprint density at radius 2 is 1.90 bits per heavy atom. The van der Waals surface area contributed by atoms with Crippen LogP contribution in [-0.4, -0.2) is 29.9 Å². The number of benzene rings is 1. The van der Waals surface area contributed by atoms with Crippen LogP contribution in [0.3, 0.4) is 0 Å². The van der Waals surface area contributed by atoms with Crippen LogP contribution in [0.2, 0.25) is 0 Å². The monoisotopic (exact) mass is 307 g/mol. The maximum atomic E-state index is 11.9. The third-order valence-electron chi connectivity index (χ3n) is 4.25. The van der Waals surface area contributed by atoms with E-state index in [0.29, 0.717) is 12.3 Å². The van der Waals surface area contributed by atoms with Crippen LogP contribution in [0.5, 0.6) is 0 Å². The first-order chi connectivity index (χ1) is 10.2. The fraction of sp³-hybridized carbons (Fsp3) is 0.588. The summed E-state index contributed by atoms with van der Waals surface area (Å²) in [6.07, 6.45) is 5.64. The van der Waals surface area contributed by atoms with Crippen LogP contribution in [-0.2, 0) is 10.5 Å². The van der Waals surface area contributed by atoms with E-state index in [1.165, 1.54) is 24.8 Å². The van der Waals surface area contributed by atoms with Gasteiger partial charge in [-0.1, -0.05) is 49.6 Å². The summed E-state index contributed by atoms with van der Waals surface area (Å²) in [5.74, 6) is 1.42. The molecule has 1 saturated carbocycles. The Labute approximate surface area is 131 Å². The van der Waals surface area contributed by atoms with Crippen LogP contribution in [0.4, 0.5) is 0 Å². The van der Waals surface area contributed by atoms with E-state index >= 15 is 0 Å². The van der Waals surface area contributed by atoms with Gasteiger partial charge in [0.05, 0.1) is 12.4 Å². The zero-order valence-corrected chi connectivity index (χ0v) is 13.3. The maximum Gasteiger partial charge on any atom is 0.230 e. The van der Waals surface area contributed by atoms with E-state index in [-0.39, 0.29) is 17.9 Å². The van der Waals surface area contributed by atoms with E-state index in [1.807, 2.05) is 18.2 Å². The average Bonchev–Trinajstić information content (AvgIpc) is 2.55. The summed E-state index contributed by atoms with van der Waals surface area (Å²) in [6.45, 7) is 0.804. The molecule has 4 heteroatoms. The molecule has 3 nitrogen and oxygen atoms in total. The molecular weight excluding hydrogens is 282 g/mol. The number of hydrogen-bond donors (Lipinski definition) is 2. The second-order valence-corrected chi connectivity index (χ2v) is 6.96. The highest BCUT2D eigenvalue weighted by atomic mass is 32.2. The van der Waals surface area contributed by atoms with Crippen molar-refractivity contribution in [1.82, 2.24) is 5.32 Å². The van der Waals surface area contributed by atoms with Gasteiger partial charge in [-0.15, -0.1) is 11.8 Å². The lowest BCUT2D eigenvalue weighted by molar-refractivity contribution is -0.119. The van der Waals surface area contributed by atoms with Gasteiger partial charge in [0.1, 0.15) is 0 Å². The number of carbonyl (C=O) groups is 1. The average molecular weight is 307 g/mol. The lowest BCUT2D eigenvalue weighted by atomic mass is 9.74. The number of rotatable bonds is 7. The van der Waals surface area contributed by atoms with Crippen molar-refractivity contribution >= 4 is 17.7 Å². The van der Waals surface area contributed by atoms with Crippen molar-refractivity contribution in [3.05, 3.63) is 35.9 Å². The largest absolute Gasteiger partial charge is 0.396 e. The van der Waals surface area contributed by atoms with E-state index in [4.69, 9.17) is 0 Å². The Kier molecular flexibility index (Phi) is 6.58. The molecule has 0 aromatic heterocycles. The first-order valence-electron chi connectivity index (χ1n) is 7.73. The van der Waals surface area contributed by atoms with Gasteiger partial charge in [0.2, 0.25) is 5.91 Å². The molecule has 0 radical (unpaired) electrons. The number of amides is 1. The Hall–Kier alpha value is -1.00. The van der Waals surface area contributed by atoms with Crippen molar-refractivity contribution in [2.45, 2.75) is 37.9 Å². The van der Waals surface area contributed by atoms with Gasteiger partial charge in [0, 0.05) is 17.7 Å². The number of nitrogens with one attached hydrogen (secondary N) is 1. The van der Waals surface area contributed by atoms with E-state index < -0.39 is 0 Å². The Morgan fingerprint density at radius 1 is 1.19 bits per heavy atom.